The van der Waals surface area contributed by atoms with Crippen molar-refractivity contribution < 1.29 is 4.79 Å². The van der Waals surface area contributed by atoms with Crippen LogP contribution in [0.2, 0.25) is 0 Å². The summed E-state index contributed by atoms with van der Waals surface area (Å²) in [7, 11) is 0. The molecule has 1 rings (SSSR count). The van der Waals surface area contributed by atoms with Crippen molar-refractivity contribution in [2.75, 3.05) is 23.8 Å². The van der Waals surface area contributed by atoms with E-state index in [-0.39, 0.29) is 11.9 Å². The molecule has 19 heavy (non-hydrogen) atoms. The van der Waals surface area contributed by atoms with E-state index in [1.807, 2.05) is 18.2 Å². The van der Waals surface area contributed by atoms with E-state index in [2.05, 4.69) is 24.4 Å². The second-order valence-corrected chi connectivity index (χ2v) is 6.39. The molecule has 0 aliphatic rings. The number of amides is 1. The number of carbonyl (C=O) groups is 1. The molecule has 106 valence electrons. The molecule has 0 aromatic heterocycles. The third kappa shape index (κ3) is 8.18. The highest BCUT2D eigenvalue weighted by atomic mass is 32.2. The zero-order chi connectivity index (χ0) is 13.9. The SMILES string of the molecule is CCC(N)CSCC(=O)NCCSc1ccccc1. The maximum atomic E-state index is 11.5. The van der Waals surface area contributed by atoms with Gasteiger partial charge in [0.05, 0.1) is 5.75 Å². The topological polar surface area (TPSA) is 55.1 Å². The van der Waals surface area contributed by atoms with Crippen LogP contribution in [0.4, 0.5) is 0 Å². The molecule has 3 nitrogen and oxygen atoms in total. The van der Waals surface area contributed by atoms with E-state index < -0.39 is 0 Å². The van der Waals surface area contributed by atoms with Gasteiger partial charge in [0, 0.05) is 29.0 Å². The van der Waals surface area contributed by atoms with E-state index >= 15 is 0 Å². The van der Waals surface area contributed by atoms with Crippen LogP contribution in [0, 0.1) is 0 Å². The molecule has 0 radical (unpaired) electrons. The van der Waals surface area contributed by atoms with Gasteiger partial charge in [-0.3, -0.25) is 4.79 Å². The zero-order valence-corrected chi connectivity index (χ0v) is 12.9. The lowest BCUT2D eigenvalue weighted by Gasteiger charge is -2.08. The molecule has 1 atom stereocenters. The van der Waals surface area contributed by atoms with Crippen molar-refractivity contribution in [2.45, 2.75) is 24.3 Å². The van der Waals surface area contributed by atoms with Crippen molar-refractivity contribution >= 4 is 29.4 Å². The molecule has 1 amide bonds. The molecule has 0 spiro atoms. The molecule has 3 N–H and O–H groups in total. The van der Waals surface area contributed by atoms with Crippen LogP contribution in [0.3, 0.4) is 0 Å². The van der Waals surface area contributed by atoms with Crippen LogP contribution in [-0.4, -0.2) is 35.8 Å². The molecule has 0 bridgehead atoms. The lowest BCUT2D eigenvalue weighted by molar-refractivity contribution is -0.118. The van der Waals surface area contributed by atoms with Crippen LogP contribution in [0.25, 0.3) is 0 Å². The maximum absolute atomic E-state index is 11.5. The van der Waals surface area contributed by atoms with E-state index in [0.717, 1.165) is 17.9 Å². The molecule has 1 aromatic carbocycles. The molecule has 5 heteroatoms. The van der Waals surface area contributed by atoms with Crippen molar-refractivity contribution in [3.05, 3.63) is 30.3 Å². The fourth-order valence-electron chi connectivity index (χ4n) is 1.35. The van der Waals surface area contributed by atoms with Crippen molar-refractivity contribution in [2.24, 2.45) is 5.73 Å². The van der Waals surface area contributed by atoms with E-state index in [9.17, 15) is 4.79 Å². The molecule has 0 saturated carbocycles. The van der Waals surface area contributed by atoms with Gasteiger partial charge in [0.15, 0.2) is 0 Å². The number of carbonyl (C=O) groups excluding carboxylic acids is 1. The molecule has 0 aliphatic carbocycles. The minimum absolute atomic E-state index is 0.0990. The Balaban J connectivity index is 2.01. The van der Waals surface area contributed by atoms with Gasteiger partial charge < -0.3 is 11.1 Å². The summed E-state index contributed by atoms with van der Waals surface area (Å²) in [6, 6.07) is 10.4. The summed E-state index contributed by atoms with van der Waals surface area (Å²) in [6.45, 7) is 2.77. The Morgan fingerprint density at radius 1 is 1.37 bits per heavy atom. The van der Waals surface area contributed by atoms with Crippen molar-refractivity contribution in [3.63, 3.8) is 0 Å². The van der Waals surface area contributed by atoms with Gasteiger partial charge in [-0.2, -0.15) is 11.8 Å². The average molecular weight is 298 g/mol. The van der Waals surface area contributed by atoms with Crippen LogP contribution in [0.5, 0.6) is 0 Å². The average Bonchev–Trinajstić information content (AvgIpc) is 2.44. The first kappa shape index (κ1) is 16.4. The number of rotatable bonds is 9. The third-order valence-corrected chi connectivity index (χ3v) is 4.67. The predicted molar refractivity (Wildman–Crippen MR) is 85.8 cm³/mol. The molecule has 0 fully saturated rings. The highest BCUT2D eigenvalue weighted by Gasteiger charge is 2.03. The summed E-state index contributed by atoms with van der Waals surface area (Å²) in [5, 5.41) is 2.92. The lowest BCUT2D eigenvalue weighted by Crippen LogP contribution is -2.29. The summed E-state index contributed by atoms with van der Waals surface area (Å²) < 4.78 is 0. The molecule has 1 unspecified atom stereocenters. The van der Waals surface area contributed by atoms with Gasteiger partial charge >= 0.3 is 0 Å². The van der Waals surface area contributed by atoms with E-state index in [1.54, 1.807) is 23.5 Å². The Morgan fingerprint density at radius 2 is 2.11 bits per heavy atom. The number of nitrogens with two attached hydrogens (primary N) is 1. The van der Waals surface area contributed by atoms with Crippen molar-refractivity contribution in [1.82, 2.24) is 5.32 Å². The Kier molecular flexibility index (Phi) is 8.79. The molecular weight excluding hydrogens is 276 g/mol. The minimum Gasteiger partial charge on any atom is -0.355 e. The molecule has 0 aliphatic heterocycles. The summed E-state index contributed by atoms with van der Waals surface area (Å²) in [6.07, 6.45) is 0.961. The van der Waals surface area contributed by atoms with Crippen LogP contribution >= 0.6 is 23.5 Å². The molecule has 0 saturated heterocycles. The summed E-state index contributed by atoms with van der Waals surface area (Å²) in [5.74, 6) is 2.35. The van der Waals surface area contributed by atoms with Crippen LogP contribution in [-0.2, 0) is 4.79 Å². The summed E-state index contributed by atoms with van der Waals surface area (Å²) >= 11 is 3.36. The second-order valence-electron chi connectivity index (χ2n) is 4.19. The van der Waals surface area contributed by atoms with Gasteiger partial charge in [-0.15, -0.1) is 11.8 Å². The number of hydrogen-bond donors (Lipinski definition) is 2. The first-order valence-electron chi connectivity index (χ1n) is 6.50. The molecular formula is C14H22N2OS2. The maximum Gasteiger partial charge on any atom is 0.230 e. The third-order valence-electron chi connectivity index (χ3n) is 2.53. The van der Waals surface area contributed by atoms with E-state index in [0.29, 0.717) is 12.3 Å². The smallest absolute Gasteiger partial charge is 0.230 e. The normalized spacial score (nSPS) is 12.1. The number of nitrogens with one attached hydrogen (secondary N) is 1. The number of thioether (sulfide) groups is 2. The molecule has 0 heterocycles. The summed E-state index contributed by atoms with van der Waals surface area (Å²) in [5.41, 5.74) is 5.79. The number of hydrogen-bond acceptors (Lipinski definition) is 4. The van der Waals surface area contributed by atoms with Crippen LogP contribution in [0.1, 0.15) is 13.3 Å². The fourth-order valence-corrected chi connectivity index (χ4v) is 3.08. The number of benzene rings is 1. The monoisotopic (exact) mass is 298 g/mol. The van der Waals surface area contributed by atoms with Gasteiger partial charge in [0.1, 0.15) is 0 Å². The second kappa shape index (κ2) is 10.2. The summed E-state index contributed by atoms with van der Waals surface area (Å²) in [4.78, 5) is 12.8. The van der Waals surface area contributed by atoms with E-state index in [1.165, 1.54) is 4.90 Å². The fraction of sp³-hybridized carbons (Fsp3) is 0.500. The van der Waals surface area contributed by atoms with Crippen molar-refractivity contribution in [1.29, 1.82) is 0 Å². The first-order valence-corrected chi connectivity index (χ1v) is 8.64. The highest BCUT2D eigenvalue weighted by molar-refractivity contribution is 8.00. The van der Waals surface area contributed by atoms with Gasteiger partial charge in [0.25, 0.3) is 0 Å². The van der Waals surface area contributed by atoms with Gasteiger partial charge in [-0.05, 0) is 18.6 Å². The van der Waals surface area contributed by atoms with Gasteiger partial charge in [-0.1, -0.05) is 25.1 Å². The quantitative estimate of drug-likeness (QED) is 0.543. The largest absolute Gasteiger partial charge is 0.355 e. The lowest BCUT2D eigenvalue weighted by atomic mass is 10.3. The zero-order valence-electron chi connectivity index (χ0n) is 11.3. The van der Waals surface area contributed by atoms with Gasteiger partial charge in [-0.25, -0.2) is 0 Å². The standard InChI is InChI=1S/C14H22N2OS2/c1-2-12(15)10-18-11-14(17)16-8-9-19-13-6-4-3-5-7-13/h3-7,12H,2,8-11,15H2,1H3,(H,16,17). The van der Waals surface area contributed by atoms with Gasteiger partial charge in [0.2, 0.25) is 5.91 Å². The van der Waals surface area contributed by atoms with Crippen LogP contribution in [0.15, 0.2) is 35.2 Å². The van der Waals surface area contributed by atoms with Crippen LogP contribution < -0.4 is 11.1 Å². The van der Waals surface area contributed by atoms with E-state index in [4.69, 9.17) is 5.73 Å². The Labute approximate surface area is 124 Å². The Hall–Kier alpha value is -0.650. The minimum atomic E-state index is 0.0990. The van der Waals surface area contributed by atoms with Crippen molar-refractivity contribution in [3.8, 4) is 0 Å². The Morgan fingerprint density at radius 3 is 2.79 bits per heavy atom. The molecule has 1 aromatic rings. The Bertz CT molecular complexity index is 360. The highest BCUT2D eigenvalue weighted by Crippen LogP contribution is 2.15. The first-order chi connectivity index (χ1) is 9.22. The predicted octanol–water partition coefficient (Wildman–Crippen LogP) is 2.37.